The SMILES string of the molecule is CC1=CC[C@H]2C(=O)N(CC[N+](C)(C)C)C(=O)[C@@H]2C1. The van der Waals surface area contributed by atoms with E-state index in [2.05, 4.69) is 27.2 Å². The molecule has 0 aromatic carbocycles. The zero-order chi connectivity index (χ0) is 13.5. The smallest absolute Gasteiger partial charge is 0.233 e. The van der Waals surface area contributed by atoms with Crippen molar-refractivity contribution >= 4 is 11.8 Å². The van der Waals surface area contributed by atoms with Gasteiger partial charge >= 0.3 is 0 Å². The molecular weight excluding hydrogens is 228 g/mol. The molecule has 100 valence electrons. The van der Waals surface area contributed by atoms with E-state index in [1.807, 2.05) is 6.92 Å². The first-order valence-corrected chi connectivity index (χ1v) is 6.61. The average molecular weight is 251 g/mol. The second kappa shape index (κ2) is 4.50. The standard InChI is InChI=1S/C14H23N2O2/c1-10-5-6-11-12(9-10)14(18)15(13(11)17)7-8-16(2,3)4/h5,11-12H,6-9H2,1-4H3/q+1/t11-,12-/m1/s1. The summed E-state index contributed by atoms with van der Waals surface area (Å²) in [6, 6.07) is 0. The number of nitrogens with zero attached hydrogens (tertiary/aromatic N) is 2. The summed E-state index contributed by atoms with van der Waals surface area (Å²) in [5.74, 6) is -0.0864. The molecule has 0 aromatic rings. The highest BCUT2D eigenvalue weighted by atomic mass is 16.2. The largest absolute Gasteiger partial charge is 0.329 e. The highest BCUT2D eigenvalue weighted by Gasteiger charge is 2.48. The lowest BCUT2D eigenvalue weighted by molar-refractivity contribution is -0.869. The first kappa shape index (κ1) is 13.3. The molecular formula is C14H23N2O2+. The van der Waals surface area contributed by atoms with Crippen LogP contribution >= 0.6 is 0 Å². The van der Waals surface area contributed by atoms with Crippen molar-refractivity contribution < 1.29 is 14.1 Å². The molecule has 1 saturated heterocycles. The second-order valence-electron chi connectivity index (χ2n) is 6.55. The molecule has 2 amide bonds. The Kier molecular flexibility index (Phi) is 3.32. The van der Waals surface area contributed by atoms with Gasteiger partial charge in [-0.05, 0) is 19.8 Å². The number of amides is 2. The summed E-state index contributed by atoms with van der Waals surface area (Å²) < 4.78 is 0.768. The lowest BCUT2D eigenvalue weighted by atomic mass is 9.82. The van der Waals surface area contributed by atoms with Gasteiger partial charge in [-0.15, -0.1) is 0 Å². The summed E-state index contributed by atoms with van der Waals surface area (Å²) >= 11 is 0. The number of carbonyl (C=O) groups excluding carboxylic acids is 2. The molecule has 1 aliphatic heterocycles. The number of allylic oxidation sites excluding steroid dienone is 2. The Morgan fingerprint density at radius 3 is 2.44 bits per heavy atom. The third kappa shape index (κ3) is 2.48. The fourth-order valence-electron chi connectivity index (χ4n) is 2.73. The van der Waals surface area contributed by atoms with Crippen molar-refractivity contribution in [3.8, 4) is 0 Å². The molecule has 1 heterocycles. The number of likely N-dealkylation sites (tertiary alicyclic amines) is 1. The van der Waals surface area contributed by atoms with E-state index < -0.39 is 0 Å². The van der Waals surface area contributed by atoms with Crippen LogP contribution in [0.3, 0.4) is 0 Å². The molecule has 1 fully saturated rings. The molecule has 0 saturated carbocycles. The molecule has 0 unspecified atom stereocenters. The minimum Gasteiger partial charge on any atom is -0.329 e. The van der Waals surface area contributed by atoms with Gasteiger partial charge in [-0.25, -0.2) is 0 Å². The fourth-order valence-corrected chi connectivity index (χ4v) is 2.73. The maximum Gasteiger partial charge on any atom is 0.233 e. The molecule has 0 N–H and O–H groups in total. The Balaban J connectivity index is 2.07. The first-order chi connectivity index (χ1) is 8.29. The molecule has 0 aromatic heterocycles. The number of quaternary nitrogens is 1. The number of carbonyl (C=O) groups is 2. The molecule has 0 spiro atoms. The maximum absolute atomic E-state index is 12.3. The molecule has 2 aliphatic rings. The Bertz CT molecular complexity index is 407. The van der Waals surface area contributed by atoms with Crippen molar-refractivity contribution in [3.05, 3.63) is 11.6 Å². The van der Waals surface area contributed by atoms with E-state index in [0.717, 1.165) is 23.9 Å². The number of rotatable bonds is 3. The average Bonchev–Trinajstić information content (AvgIpc) is 2.48. The molecule has 2 rings (SSSR count). The van der Waals surface area contributed by atoms with Crippen LogP contribution in [0.25, 0.3) is 0 Å². The van der Waals surface area contributed by atoms with E-state index in [1.54, 1.807) is 0 Å². The van der Waals surface area contributed by atoms with Crippen molar-refractivity contribution in [2.24, 2.45) is 11.8 Å². The topological polar surface area (TPSA) is 37.4 Å². The van der Waals surface area contributed by atoms with Crippen LogP contribution in [0, 0.1) is 11.8 Å². The van der Waals surface area contributed by atoms with Gasteiger partial charge in [0.15, 0.2) is 0 Å². The van der Waals surface area contributed by atoms with Crippen LogP contribution in [0.4, 0.5) is 0 Å². The summed E-state index contributed by atoms with van der Waals surface area (Å²) in [6.07, 6.45) is 3.60. The highest BCUT2D eigenvalue weighted by molar-refractivity contribution is 6.05. The molecule has 4 heteroatoms. The van der Waals surface area contributed by atoms with E-state index >= 15 is 0 Å². The third-order valence-electron chi connectivity index (χ3n) is 3.91. The van der Waals surface area contributed by atoms with Gasteiger partial charge in [0.25, 0.3) is 0 Å². The van der Waals surface area contributed by atoms with Crippen LogP contribution in [0.2, 0.25) is 0 Å². The molecule has 0 bridgehead atoms. The fraction of sp³-hybridized carbons (Fsp3) is 0.714. The third-order valence-corrected chi connectivity index (χ3v) is 3.91. The number of likely N-dealkylation sites (N-methyl/N-ethyl adjacent to an activating group) is 1. The highest BCUT2D eigenvalue weighted by Crippen LogP contribution is 2.37. The van der Waals surface area contributed by atoms with Crippen LogP contribution in [-0.4, -0.2) is 55.4 Å². The molecule has 4 nitrogen and oxygen atoms in total. The van der Waals surface area contributed by atoms with Gasteiger partial charge in [-0.2, -0.15) is 0 Å². The maximum atomic E-state index is 12.3. The van der Waals surface area contributed by atoms with Crippen molar-refractivity contribution in [2.75, 3.05) is 34.2 Å². The normalized spacial score (nSPS) is 28.4. The van der Waals surface area contributed by atoms with E-state index in [0.29, 0.717) is 6.54 Å². The van der Waals surface area contributed by atoms with Gasteiger partial charge in [-0.3, -0.25) is 14.5 Å². The molecule has 0 radical (unpaired) electrons. The summed E-state index contributed by atoms with van der Waals surface area (Å²) in [6.45, 7) is 3.40. The van der Waals surface area contributed by atoms with Gasteiger partial charge in [0.2, 0.25) is 11.8 Å². The zero-order valence-electron chi connectivity index (χ0n) is 11.8. The van der Waals surface area contributed by atoms with Crippen molar-refractivity contribution in [1.29, 1.82) is 0 Å². The molecule has 1 aliphatic carbocycles. The lowest BCUT2D eigenvalue weighted by Gasteiger charge is -2.26. The summed E-state index contributed by atoms with van der Waals surface area (Å²) in [5, 5.41) is 0. The number of imide groups is 1. The zero-order valence-corrected chi connectivity index (χ0v) is 11.8. The molecule has 18 heavy (non-hydrogen) atoms. The Hall–Kier alpha value is -1.16. The Labute approximate surface area is 109 Å². The van der Waals surface area contributed by atoms with Gasteiger partial charge in [-0.1, -0.05) is 11.6 Å². The van der Waals surface area contributed by atoms with Crippen LogP contribution in [0.1, 0.15) is 19.8 Å². The van der Waals surface area contributed by atoms with E-state index in [4.69, 9.17) is 0 Å². The summed E-state index contributed by atoms with van der Waals surface area (Å²) in [5.41, 5.74) is 1.24. The summed E-state index contributed by atoms with van der Waals surface area (Å²) in [7, 11) is 6.22. The number of fused-ring (bicyclic) bond motifs is 1. The van der Waals surface area contributed by atoms with Crippen LogP contribution in [0.15, 0.2) is 11.6 Å². The number of hydrogen-bond donors (Lipinski definition) is 0. The van der Waals surface area contributed by atoms with Gasteiger partial charge < -0.3 is 4.48 Å². The minimum atomic E-state index is -0.0892. The van der Waals surface area contributed by atoms with Crippen LogP contribution in [-0.2, 0) is 9.59 Å². The predicted octanol–water partition coefficient (Wildman–Crippen LogP) is 1.03. The van der Waals surface area contributed by atoms with Crippen molar-refractivity contribution in [1.82, 2.24) is 4.90 Å². The monoisotopic (exact) mass is 251 g/mol. The predicted molar refractivity (Wildman–Crippen MR) is 69.6 cm³/mol. The van der Waals surface area contributed by atoms with Gasteiger partial charge in [0, 0.05) is 0 Å². The van der Waals surface area contributed by atoms with Crippen molar-refractivity contribution in [3.63, 3.8) is 0 Å². The summed E-state index contributed by atoms with van der Waals surface area (Å²) in [4.78, 5) is 26.0. The van der Waals surface area contributed by atoms with Crippen LogP contribution in [0.5, 0.6) is 0 Å². The Morgan fingerprint density at radius 1 is 1.22 bits per heavy atom. The van der Waals surface area contributed by atoms with Crippen LogP contribution < -0.4 is 0 Å². The Morgan fingerprint density at radius 2 is 1.83 bits per heavy atom. The number of hydrogen-bond acceptors (Lipinski definition) is 2. The second-order valence-corrected chi connectivity index (χ2v) is 6.55. The molecule has 2 atom stereocenters. The van der Waals surface area contributed by atoms with Crippen molar-refractivity contribution in [2.45, 2.75) is 19.8 Å². The quantitative estimate of drug-likeness (QED) is 0.427. The van der Waals surface area contributed by atoms with Gasteiger partial charge in [0.05, 0.1) is 46.1 Å². The minimum absolute atomic E-state index is 0.0437. The first-order valence-electron chi connectivity index (χ1n) is 6.61. The van der Waals surface area contributed by atoms with E-state index in [1.165, 1.54) is 10.5 Å². The van der Waals surface area contributed by atoms with Gasteiger partial charge in [0.1, 0.15) is 0 Å². The van der Waals surface area contributed by atoms with E-state index in [9.17, 15) is 9.59 Å². The lowest BCUT2D eigenvalue weighted by Crippen LogP contribution is -2.44. The van der Waals surface area contributed by atoms with E-state index in [-0.39, 0.29) is 23.7 Å².